The lowest BCUT2D eigenvalue weighted by molar-refractivity contribution is 0.776. The van der Waals surface area contributed by atoms with Crippen molar-refractivity contribution in [1.82, 2.24) is 20.2 Å². The van der Waals surface area contributed by atoms with Crippen LogP contribution in [0.1, 0.15) is 5.56 Å². The van der Waals surface area contributed by atoms with Gasteiger partial charge in [0.05, 0.1) is 5.69 Å². The van der Waals surface area contributed by atoms with E-state index in [0.717, 1.165) is 9.13 Å². The van der Waals surface area contributed by atoms with Gasteiger partial charge in [0.2, 0.25) is 0 Å². The summed E-state index contributed by atoms with van der Waals surface area (Å²) in [4.78, 5) is 11.3. The van der Waals surface area contributed by atoms with Gasteiger partial charge in [-0.2, -0.15) is 4.68 Å². The standard InChI is InChI=1S/C9H7IN4O/c1-2-6-4-3-5-7(8(6)10)14-9(15)11-12-13-14/h2-5H,1H2,(H,11,13,15). The van der Waals surface area contributed by atoms with Crippen molar-refractivity contribution in [3.05, 3.63) is 44.4 Å². The molecule has 6 heteroatoms. The van der Waals surface area contributed by atoms with Gasteiger partial charge in [0.15, 0.2) is 0 Å². The summed E-state index contributed by atoms with van der Waals surface area (Å²) in [5.41, 5.74) is 1.31. The summed E-state index contributed by atoms with van der Waals surface area (Å²) < 4.78 is 2.13. The highest BCUT2D eigenvalue weighted by molar-refractivity contribution is 14.1. The van der Waals surface area contributed by atoms with E-state index in [-0.39, 0.29) is 5.69 Å². The molecule has 5 nitrogen and oxygen atoms in total. The van der Waals surface area contributed by atoms with E-state index in [4.69, 9.17) is 0 Å². The quantitative estimate of drug-likeness (QED) is 0.847. The van der Waals surface area contributed by atoms with Crippen LogP contribution >= 0.6 is 22.6 Å². The van der Waals surface area contributed by atoms with Crippen molar-refractivity contribution in [1.29, 1.82) is 0 Å². The fourth-order valence-electron chi connectivity index (χ4n) is 1.21. The molecule has 0 aliphatic heterocycles. The number of H-pyrrole nitrogens is 1. The predicted octanol–water partition coefficient (Wildman–Crippen LogP) is 1.20. The van der Waals surface area contributed by atoms with E-state index in [1.54, 1.807) is 12.1 Å². The molecule has 0 unspecified atom stereocenters. The molecular formula is C9H7IN4O. The molecule has 0 aliphatic rings. The lowest BCUT2D eigenvalue weighted by Crippen LogP contribution is -2.17. The molecular weight excluding hydrogens is 307 g/mol. The Hall–Kier alpha value is -1.44. The molecule has 76 valence electrons. The highest BCUT2D eigenvalue weighted by Crippen LogP contribution is 2.19. The third-order valence-corrected chi connectivity index (χ3v) is 3.10. The maximum absolute atomic E-state index is 11.3. The molecule has 0 spiro atoms. The van der Waals surface area contributed by atoms with Crippen LogP contribution in [-0.4, -0.2) is 20.2 Å². The van der Waals surface area contributed by atoms with Gasteiger partial charge < -0.3 is 0 Å². The van der Waals surface area contributed by atoms with Crippen LogP contribution in [0.4, 0.5) is 0 Å². The molecule has 1 N–H and O–H groups in total. The maximum atomic E-state index is 11.3. The van der Waals surface area contributed by atoms with E-state index in [0.29, 0.717) is 5.69 Å². The number of nitrogens with zero attached hydrogens (tertiary/aromatic N) is 3. The van der Waals surface area contributed by atoms with Crippen LogP contribution in [-0.2, 0) is 0 Å². The Balaban J connectivity index is 2.69. The summed E-state index contributed by atoms with van der Waals surface area (Å²) in [5.74, 6) is 0. The summed E-state index contributed by atoms with van der Waals surface area (Å²) in [6.45, 7) is 3.70. The van der Waals surface area contributed by atoms with Gasteiger partial charge in [-0.3, -0.25) is 0 Å². The monoisotopic (exact) mass is 314 g/mol. The maximum Gasteiger partial charge on any atom is 0.365 e. The van der Waals surface area contributed by atoms with Crippen molar-refractivity contribution >= 4 is 28.7 Å². The lowest BCUT2D eigenvalue weighted by Gasteiger charge is -2.04. The topological polar surface area (TPSA) is 63.6 Å². The van der Waals surface area contributed by atoms with Crippen LogP contribution in [0.15, 0.2) is 29.6 Å². The van der Waals surface area contributed by atoms with Crippen molar-refractivity contribution in [2.75, 3.05) is 0 Å². The third-order valence-electron chi connectivity index (χ3n) is 1.93. The Morgan fingerprint density at radius 3 is 2.93 bits per heavy atom. The van der Waals surface area contributed by atoms with Crippen molar-refractivity contribution in [3.63, 3.8) is 0 Å². The lowest BCUT2D eigenvalue weighted by atomic mass is 10.2. The zero-order chi connectivity index (χ0) is 10.8. The largest absolute Gasteiger partial charge is 0.365 e. The van der Waals surface area contributed by atoms with Crippen LogP contribution < -0.4 is 5.69 Å². The SMILES string of the molecule is C=Cc1cccc(-n2nn[nH]c2=O)c1I. The Morgan fingerprint density at radius 1 is 1.53 bits per heavy atom. The average Bonchev–Trinajstić information content (AvgIpc) is 2.65. The average molecular weight is 314 g/mol. The minimum absolute atomic E-state index is 0.353. The van der Waals surface area contributed by atoms with E-state index in [1.807, 2.05) is 12.1 Å². The summed E-state index contributed by atoms with van der Waals surface area (Å²) >= 11 is 2.15. The summed E-state index contributed by atoms with van der Waals surface area (Å²) in [6.07, 6.45) is 1.73. The van der Waals surface area contributed by atoms with Gasteiger partial charge in [-0.25, -0.2) is 9.89 Å². The molecule has 2 aromatic rings. The number of halogens is 1. The second-order valence-electron chi connectivity index (χ2n) is 2.80. The van der Waals surface area contributed by atoms with E-state index in [1.165, 1.54) is 4.68 Å². The van der Waals surface area contributed by atoms with Gasteiger partial charge in [0.25, 0.3) is 0 Å². The molecule has 1 aromatic carbocycles. The van der Waals surface area contributed by atoms with Crippen LogP contribution in [0.2, 0.25) is 0 Å². The van der Waals surface area contributed by atoms with Crippen molar-refractivity contribution in [2.45, 2.75) is 0 Å². The number of tetrazole rings is 1. The molecule has 0 aliphatic carbocycles. The first-order valence-electron chi connectivity index (χ1n) is 4.15. The van der Waals surface area contributed by atoms with E-state index in [2.05, 4.69) is 44.7 Å². The van der Waals surface area contributed by atoms with E-state index < -0.39 is 0 Å². The Kier molecular flexibility index (Phi) is 2.67. The number of aromatic nitrogens is 4. The summed E-state index contributed by atoms with van der Waals surface area (Å²) in [6, 6.07) is 5.57. The zero-order valence-electron chi connectivity index (χ0n) is 7.64. The highest BCUT2D eigenvalue weighted by Gasteiger charge is 2.08. The zero-order valence-corrected chi connectivity index (χ0v) is 9.80. The van der Waals surface area contributed by atoms with E-state index in [9.17, 15) is 4.79 Å². The predicted molar refractivity (Wildman–Crippen MR) is 64.8 cm³/mol. The smallest absolute Gasteiger partial charge is 0.244 e. The Bertz CT molecular complexity index is 557. The van der Waals surface area contributed by atoms with Crippen molar-refractivity contribution < 1.29 is 0 Å². The number of rotatable bonds is 2. The molecule has 0 saturated carbocycles. The molecule has 0 fully saturated rings. The van der Waals surface area contributed by atoms with Crippen molar-refractivity contribution in [3.8, 4) is 5.69 Å². The van der Waals surface area contributed by atoms with Gasteiger partial charge in [0.1, 0.15) is 0 Å². The molecule has 0 radical (unpaired) electrons. The summed E-state index contributed by atoms with van der Waals surface area (Å²) in [5, 5.41) is 9.37. The number of benzene rings is 1. The first-order chi connectivity index (χ1) is 7.24. The first kappa shape index (κ1) is 10.1. The second kappa shape index (κ2) is 3.97. The van der Waals surface area contributed by atoms with Crippen LogP contribution in [0.25, 0.3) is 11.8 Å². The molecule has 1 aromatic heterocycles. The fourth-order valence-corrected chi connectivity index (χ4v) is 2.02. The minimum Gasteiger partial charge on any atom is -0.244 e. The Labute approximate surface area is 98.9 Å². The van der Waals surface area contributed by atoms with Gasteiger partial charge in [-0.1, -0.05) is 24.8 Å². The molecule has 15 heavy (non-hydrogen) atoms. The van der Waals surface area contributed by atoms with Crippen LogP contribution in [0.5, 0.6) is 0 Å². The molecule has 1 heterocycles. The normalized spacial score (nSPS) is 10.2. The second-order valence-corrected chi connectivity index (χ2v) is 3.88. The van der Waals surface area contributed by atoms with E-state index >= 15 is 0 Å². The number of aromatic amines is 1. The molecule has 0 bridgehead atoms. The fraction of sp³-hybridized carbons (Fsp3) is 0. The van der Waals surface area contributed by atoms with Crippen LogP contribution in [0.3, 0.4) is 0 Å². The van der Waals surface area contributed by atoms with Gasteiger partial charge in [0, 0.05) is 3.57 Å². The molecule has 0 amide bonds. The summed E-state index contributed by atoms with van der Waals surface area (Å²) in [7, 11) is 0. The first-order valence-corrected chi connectivity index (χ1v) is 5.23. The highest BCUT2D eigenvalue weighted by atomic mass is 127. The van der Waals surface area contributed by atoms with Gasteiger partial charge >= 0.3 is 5.69 Å². The van der Waals surface area contributed by atoms with Crippen molar-refractivity contribution in [2.24, 2.45) is 0 Å². The van der Waals surface area contributed by atoms with Gasteiger partial charge in [-0.05, 0) is 44.6 Å². The third kappa shape index (κ3) is 1.72. The number of hydrogen-bond donors (Lipinski definition) is 1. The Morgan fingerprint density at radius 2 is 2.33 bits per heavy atom. The molecule has 0 atom stereocenters. The number of nitrogens with one attached hydrogen (secondary N) is 1. The number of hydrogen-bond acceptors (Lipinski definition) is 3. The minimum atomic E-state index is -0.353. The molecule has 2 rings (SSSR count). The molecule has 0 saturated heterocycles. The van der Waals surface area contributed by atoms with Crippen LogP contribution in [0, 0.1) is 3.57 Å². The van der Waals surface area contributed by atoms with Gasteiger partial charge in [-0.15, -0.1) is 0 Å².